The van der Waals surface area contributed by atoms with Gasteiger partial charge < -0.3 is 11.1 Å². The quantitative estimate of drug-likeness (QED) is 0.845. The summed E-state index contributed by atoms with van der Waals surface area (Å²) in [6, 6.07) is 6.36. The Morgan fingerprint density at radius 3 is 2.69 bits per heavy atom. The largest absolute Gasteiger partial charge is 0.352 e. The van der Waals surface area contributed by atoms with E-state index >= 15 is 0 Å². The van der Waals surface area contributed by atoms with Crippen LogP contribution >= 0.6 is 12.4 Å². The molecule has 1 aromatic carbocycles. The van der Waals surface area contributed by atoms with Crippen molar-refractivity contribution < 1.29 is 9.18 Å². The van der Waals surface area contributed by atoms with Crippen LogP contribution in [0.5, 0.6) is 0 Å². The highest BCUT2D eigenvalue weighted by Gasteiger charge is 2.10. The van der Waals surface area contributed by atoms with Gasteiger partial charge in [0, 0.05) is 24.6 Å². The SMILES string of the molecule is CC(CN)C(=O)NCc1ccccc1F.Cl. The van der Waals surface area contributed by atoms with Crippen molar-refractivity contribution in [1.29, 1.82) is 0 Å². The number of carbonyl (C=O) groups excluding carboxylic acids is 1. The summed E-state index contributed by atoms with van der Waals surface area (Å²) in [6.07, 6.45) is 0. The van der Waals surface area contributed by atoms with Crippen LogP contribution in [0.2, 0.25) is 0 Å². The summed E-state index contributed by atoms with van der Waals surface area (Å²) in [5.74, 6) is -0.698. The van der Waals surface area contributed by atoms with E-state index in [2.05, 4.69) is 5.32 Å². The van der Waals surface area contributed by atoms with Gasteiger partial charge in [-0.2, -0.15) is 0 Å². The standard InChI is InChI=1S/C11H15FN2O.ClH/c1-8(6-13)11(15)14-7-9-4-2-3-5-10(9)12;/h2-5,8H,6-7,13H2,1H3,(H,14,15);1H. The molecule has 1 atom stereocenters. The summed E-state index contributed by atoms with van der Waals surface area (Å²) in [4.78, 5) is 11.3. The van der Waals surface area contributed by atoms with Crippen molar-refractivity contribution in [2.75, 3.05) is 6.54 Å². The first-order valence-electron chi connectivity index (χ1n) is 4.86. The van der Waals surface area contributed by atoms with Gasteiger partial charge in [-0.1, -0.05) is 25.1 Å². The molecule has 5 heteroatoms. The normalized spacial score (nSPS) is 11.4. The lowest BCUT2D eigenvalue weighted by molar-refractivity contribution is -0.124. The minimum atomic E-state index is -0.307. The molecule has 1 aromatic rings. The highest BCUT2D eigenvalue weighted by atomic mass is 35.5. The molecule has 3 nitrogen and oxygen atoms in total. The number of hydrogen-bond donors (Lipinski definition) is 2. The van der Waals surface area contributed by atoms with Crippen molar-refractivity contribution in [3.8, 4) is 0 Å². The molecule has 0 aliphatic heterocycles. The van der Waals surface area contributed by atoms with E-state index in [9.17, 15) is 9.18 Å². The third-order valence-electron chi connectivity index (χ3n) is 2.21. The maximum atomic E-state index is 13.1. The van der Waals surface area contributed by atoms with Crippen molar-refractivity contribution >= 4 is 18.3 Å². The van der Waals surface area contributed by atoms with Crippen molar-refractivity contribution in [1.82, 2.24) is 5.32 Å². The fourth-order valence-corrected chi connectivity index (χ4v) is 1.11. The second-order valence-electron chi connectivity index (χ2n) is 3.45. The third-order valence-corrected chi connectivity index (χ3v) is 2.21. The Morgan fingerprint density at radius 1 is 1.50 bits per heavy atom. The Labute approximate surface area is 101 Å². The van der Waals surface area contributed by atoms with Crippen LogP contribution in [0.1, 0.15) is 12.5 Å². The van der Waals surface area contributed by atoms with E-state index in [1.807, 2.05) is 0 Å². The van der Waals surface area contributed by atoms with Gasteiger partial charge in [-0.05, 0) is 6.07 Å². The monoisotopic (exact) mass is 246 g/mol. The molecular formula is C11H16ClFN2O. The number of amides is 1. The maximum absolute atomic E-state index is 13.1. The zero-order valence-corrected chi connectivity index (χ0v) is 9.89. The van der Waals surface area contributed by atoms with E-state index < -0.39 is 0 Å². The summed E-state index contributed by atoms with van der Waals surface area (Å²) in [5.41, 5.74) is 5.82. The molecule has 1 rings (SSSR count). The fourth-order valence-electron chi connectivity index (χ4n) is 1.11. The van der Waals surface area contributed by atoms with Crippen molar-refractivity contribution in [3.05, 3.63) is 35.6 Å². The number of nitrogens with one attached hydrogen (secondary N) is 1. The molecule has 90 valence electrons. The molecule has 0 bridgehead atoms. The molecule has 3 N–H and O–H groups in total. The fraction of sp³-hybridized carbons (Fsp3) is 0.364. The number of halogens is 2. The van der Waals surface area contributed by atoms with Gasteiger partial charge in [0.15, 0.2) is 0 Å². The lowest BCUT2D eigenvalue weighted by atomic mass is 10.1. The third kappa shape index (κ3) is 4.16. The molecular weight excluding hydrogens is 231 g/mol. The van der Waals surface area contributed by atoms with Gasteiger partial charge in [-0.15, -0.1) is 12.4 Å². The number of rotatable bonds is 4. The predicted molar refractivity (Wildman–Crippen MR) is 63.7 cm³/mol. The molecule has 0 aliphatic rings. The second-order valence-corrected chi connectivity index (χ2v) is 3.45. The Kier molecular flexibility index (Phi) is 6.69. The van der Waals surface area contributed by atoms with Crippen LogP contribution < -0.4 is 11.1 Å². The lowest BCUT2D eigenvalue weighted by Gasteiger charge is -2.10. The van der Waals surface area contributed by atoms with Gasteiger partial charge in [0.1, 0.15) is 5.82 Å². The van der Waals surface area contributed by atoms with Gasteiger partial charge in [-0.25, -0.2) is 4.39 Å². The van der Waals surface area contributed by atoms with Crippen molar-refractivity contribution in [2.45, 2.75) is 13.5 Å². The molecule has 0 aromatic heterocycles. The van der Waals surface area contributed by atoms with E-state index in [-0.39, 0.29) is 36.6 Å². The Hall–Kier alpha value is -1.13. The molecule has 0 heterocycles. The number of nitrogens with two attached hydrogens (primary N) is 1. The average molecular weight is 247 g/mol. The zero-order valence-electron chi connectivity index (χ0n) is 9.07. The van der Waals surface area contributed by atoms with Crippen molar-refractivity contribution in [3.63, 3.8) is 0 Å². The van der Waals surface area contributed by atoms with Crippen LogP contribution in [-0.4, -0.2) is 12.5 Å². The average Bonchev–Trinajstić information content (AvgIpc) is 2.26. The smallest absolute Gasteiger partial charge is 0.224 e. The highest BCUT2D eigenvalue weighted by Crippen LogP contribution is 2.05. The van der Waals surface area contributed by atoms with Gasteiger partial charge in [0.2, 0.25) is 5.91 Å². The van der Waals surface area contributed by atoms with E-state index in [1.165, 1.54) is 6.07 Å². The number of benzene rings is 1. The molecule has 0 aliphatic carbocycles. The Morgan fingerprint density at radius 2 is 2.12 bits per heavy atom. The van der Waals surface area contributed by atoms with Crippen LogP contribution in [0, 0.1) is 11.7 Å². The first-order valence-corrected chi connectivity index (χ1v) is 4.86. The van der Waals surface area contributed by atoms with Gasteiger partial charge in [-0.3, -0.25) is 4.79 Å². The van der Waals surface area contributed by atoms with E-state index in [0.29, 0.717) is 12.1 Å². The zero-order chi connectivity index (χ0) is 11.3. The maximum Gasteiger partial charge on any atom is 0.224 e. The molecule has 0 radical (unpaired) electrons. The molecule has 0 saturated heterocycles. The van der Waals surface area contributed by atoms with Crippen LogP contribution in [0.15, 0.2) is 24.3 Å². The number of carbonyl (C=O) groups is 1. The first-order chi connectivity index (χ1) is 7.15. The minimum Gasteiger partial charge on any atom is -0.352 e. The van der Waals surface area contributed by atoms with Crippen LogP contribution in [0.3, 0.4) is 0 Å². The van der Waals surface area contributed by atoms with Crippen LogP contribution in [0.4, 0.5) is 4.39 Å². The van der Waals surface area contributed by atoms with Crippen molar-refractivity contribution in [2.24, 2.45) is 11.7 Å². The second kappa shape index (κ2) is 7.19. The van der Waals surface area contributed by atoms with E-state index in [0.717, 1.165) is 0 Å². The van der Waals surface area contributed by atoms with Crippen LogP contribution in [0.25, 0.3) is 0 Å². The first kappa shape index (κ1) is 14.9. The molecule has 1 amide bonds. The molecule has 1 unspecified atom stereocenters. The summed E-state index contributed by atoms with van der Waals surface area (Å²) < 4.78 is 13.1. The van der Waals surface area contributed by atoms with Gasteiger partial charge >= 0.3 is 0 Å². The predicted octanol–water partition coefficient (Wildman–Crippen LogP) is 1.46. The molecule has 16 heavy (non-hydrogen) atoms. The van der Waals surface area contributed by atoms with Gasteiger partial charge in [0.05, 0.1) is 0 Å². The highest BCUT2D eigenvalue weighted by molar-refractivity contribution is 5.85. The topological polar surface area (TPSA) is 55.1 Å². The Balaban J connectivity index is 0.00000225. The summed E-state index contributed by atoms with van der Waals surface area (Å²) in [6.45, 7) is 2.23. The van der Waals surface area contributed by atoms with E-state index in [1.54, 1.807) is 25.1 Å². The molecule has 0 fully saturated rings. The minimum absolute atomic E-state index is 0. The molecule has 0 saturated carbocycles. The lowest BCUT2D eigenvalue weighted by Crippen LogP contribution is -2.32. The summed E-state index contributed by atoms with van der Waals surface area (Å²) >= 11 is 0. The van der Waals surface area contributed by atoms with Gasteiger partial charge in [0.25, 0.3) is 0 Å². The van der Waals surface area contributed by atoms with E-state index in [4.69, 9.17) is 5.73 Å². The Bertz CT molecular complexity index is 347. The summed E-state index contributed by atoms with van der Waals surface area (Å²) in [7, 11) is 0. The summed E-state index contributed by atoms with van der Waals surface area (Å²) in [5, 5.41) is 2.63. The number of hydrogen-bond acceptors (Lipinski definition) is 2. The van der Waals surface area contributed by atoms with Crippen LogP contribution in [-0.2, 0) is 11.3 Å². The molecule has 0 spiro atoms.